The van der Waals surface area contributed by atoms with Crippen LogP contribution in [0.2, 0.25) is 0 Å². The molecule has 1 aliphatic rings. The molecule has 232 valence electrons. The summed E-state index contributed by atoms with van der Waals surface area (Å²) in [5.74, 6) is -0.792. The smallest absolute Gasteiger partial charge is 0.361 e. The van der Waals surface area contributed by atoms with Crippen LogP contribution in [0.3, 0.4) is 0 Å². The molecule has 2 heterocycles. The Hall–Kier alpha value is -4.31. The van der Waals surface area contributed by atoms with E-state index in [0.717, 1.165) is 28.1 Å². The van der Waals surface area contributed by atoms with Crippen molar-refractivity contribution in [2.75, 3.05) is 32.5 Å². The van der Waals surface area contributed by atoms with Crippen LogP contribution in [0.4, 0.5) is 23.7 Å². The van der Waals surface area contributed by atoms with Gasteiger partial charge in [-0.2, -0.15) is 13.2 Å². The van der Waals surface area contributed by atoms with Crippen molar-refractivity contribution >= 4 is 28.5 Å². The number of para-hydroxylation sites is 1. The number of likely N-dealkylation sites (tertiary alicyclic amines) is 1. The molecule has 3 aromatic carbocycles. The number of carbonyl (C=O) groups is 2. The third-order valence-electron chi connectivity index (χ3n) is 8.33. The monoisotopic (exact) mass is 605 g/mol. The molecule has 1 aromatic heterocycles. The lowest BCUT2D eigenvalue weighted by Gasteiger charge is -2.34. The van der Waals surface area contributed by atoms with Crippen molar-refractivity contribution in [2.24, 2.45) is 0 Å². The SMILES string of the molecule is C[C@@H](c1c[nH]c2ccccc12)[C@@H](NC(=O)N1CCC(c2cccc(C(F)(F)F)c2)CC1)C(=O)Nc1cccc(CN(C)C)c1. The summed E-state index contributed by atoms with van der Waals surface area (Å²) in [5, 5.41) is 6.98. The maximum Gasteiger partial charge on any atom is 0.416 e. The third-order valence-corrected chi connectivity index (χ3v) is 8.33. The van der Waals surface area contributed by atoms with Crippen molar-refractivity contribution < 1.29 is 22.8 Å². The summed E-state index contributed by atoms with van der Waals surface area (Å²) in [7, 11) is 3.95. The standard InChI is InChI=1S/C34H38F3N5O2/c1-22(29-20-38-30-13-5-4-12-28(29)30)31(32(43)39-27-11-6-8-23(18-27)21-41(2)3)40-33(44)42-16-14-24(15-17-42)25-9-7-10-26(19-25)34(35,36)37/h4-13,18-20,22,24,31,38H,14-17,21H2,1-3H3,(H,39,43)(H,40,44)/t22-,31+/m0/s1. The van der Waals surface area contributed by atoms with Gasteiger partial charge in [0, 0.05) is 48.3 Å². The van der Waals surface area contributed by atoms with Crippen molar-refractivity contribution in [1.29, 1.82) is 0 Å². The van der Waals surface area contributed by atoms with Gasteiger partial charge < -0.3 is 25.4 Å². The van der Waals surface area contributed by atoms with Gasteiger partial charge in [-0.1, -0.05) is 55.5 Å². The van der Waals surface area contributed by atoms with E-state index in [0.29, 0.717) is 43.7 Å². The Bertz CT molecular complexity index is 1610. The molecule has 5 rings (SSSR count). The van der Waals surface area contributed by atoms with Crippen LogP contribution in [0.25, 0.3) is 10.9 Å². The molecule has 4 aromatic rings. The summed E-state index contributed by atoms with van der Waals surface area (Å²) in [4.78, 5) is 34.4. The first-order valence-corrected chi connectivity index (χ1v) is 14.8. The minimum atomic E-state index is -4.40. The van der Waals surface area contributed by atoms with Gasteiger partial charge in [0.1, 0.15) is 6.04 Å². The van der Waals surface area contributed by atoms with E-state index in [1.807, 2.05) is 80.6 Å². The second kappa shape index (κ2) is 13.1. The molecule has 0 radical (unpaired) electrons. The second-order valence-electron chi connectivity index (χ2n) is 11.8. The van der Waals surface area contributed by atoms with Crippen LogP contribution in [0.15, 0.2) is 79.0 Å². The number of nitrogens with one attached hydrogen (secondary N) is 3. The number of halogens is 3. The fraction of sp³-hybridized carbons (Fsp3) is 0.353. The van der Waals surface area contributed by atoms with Gasteiger partial charge in [0.05, 0.1) is 5.56 Å². The Morgan fingerprint density at radius 3 is 2.45 bits per heavy atom. The highest BCUT2D eigenvalue weighted by Crippen LogP contribution is 2.34. The number of hydrogen-bond acceptors (Lipinski definition) is 3. The number of piperidine rings is 1. The Morgan fingerprint density at radius 2 is 1.73 bits per heavy atom. The number of aromatic nitrogens is 1. The zero-order chi connectivity index (χ0) is 31.4. The number of H-pyrrole nitrogens is 1. The highest BCUT2D eigenvalue weighted by molar-refractivity contribution is 5.98. The minimum Gasteiger partial charge on any atom is -0.361 e. The number of anilines is 1. The molecule has 0 spiro atoms. The lowest BCUT2D eigenvalue weighted by Crippen LogP contribution is -2.53. The van der Waals surface area contributed by atoms with Gasteiger partial charge in [-0.3, -0.25) is 4.79 Å². The molecule has 44 heavy (non-hydrogen) atoms. The minimum absolute atomic E-state index is 0.0833. The van der Waals surface area contributed by atoms with E-state index < -0.39 is 17.8 Å². The molecule has 0 saturated carbocycles. The van der Waals surface area contributed by atoms with Crippen LogP contribution in [0, 0.1) is 0 Å². The van der Waals surface area contributed by atoms with E-state index in [1.54, 1.807) is 11.0 Å². The van der Waals surface area contributed by atoms with E-state index in [-0.39, 0.29) is 23.8 Å². The average molecular weight is 606 g/mol. The Morgan fingerprint density at radius 1 is 1.00 bits per heavy atom. The van der Waals surface area contributed by atoms with E-state index >= 15 is 0 Å². The largest absolute Gasteiger partial charge is 0.416 e. The molecule has 0 unspecified atom stereocenters. The molecule has 2 atom stereocenters. The first-order valence-electron chi connectivity index (χ1n) is 14.8. The number of carbonyl (C=O) groups excluding carboxylic acids is 2. The molecule has 1 saturated heterocycles. The number of benzene rings is 3. The number of amides is 3. The van der Waals surface area contributed by atoms with Crippen LogP contribution < -0.4 is 10.6 Å². The van der Waals surface area contributed by atoms with E-state index in [1.165, 1.54) is 12.1 Å². The van der Waals surface area contributed by atoms with Gasteiger partial charge in [-0.05, 0) is 73.8 Å². The van der Waals surface area contributed by atoms with Crippen molar-refractivity contribution in [3.8, 4) is 0 Å². The molecule has 0 bridgehead atoms. The number of urea groups is 1. The number of aromatic amines is 1. The maximum atomic E-state index is 13.8. The fourth-order valence-electron chi connectivity index (χ4n) is 6.01. The first-order chi connectivity index (χ1) is 21.0. The van der Waals surface area contributed by atoms with E-state index in [4.69, 9.17) is 0 Å². The molecule has 0 aliphatic carbocycles. The summed E-state index contributed by atoms with van der Waals surface area (Å²) in [6, 6.07) is 19.6. The predicted molar refractivity (Wildman–Crippen MR) is 166 cm³/mol. The lowest BCUT2D eigenvalue weighted by molar-refractivity contribution is -0.137. The fourth-order valence-corrected chi connectivity index (χ4v) is 6.01. The van der Waals surface area contributed by atoms with Crippen molar-refractivity contribution in [2.45, 2.75) is 50.4 Å². The topological polar surface area (TPSA) is 80.5 Å². The number of hydrogen-bond donors (Lipinski definition) is 3. The first kappa shape index (κ1) is 31.1. The summed E-state index contributed by atoms with van der Waals surface area (Å²) in [5.41, 5.74) is 3.49. The van der Waals surface area contributed by atoms with Gasteiger partial charge >= 0.3 is 12.2 Å². The van der Waals surface area contributed by atoms with E-state index in [2.05, 4.69) is 15.6 Å². The van der Waals surface area contributed by atoms with Crippen molar-refractivity contribution in [3.63, 3.8) is 0 Å². The number of nitrogens with zero attached hydrogens (tertiary/aromatic N) is 2. The Labute approximate surface area is 255 Å². The van der Waals surface area contributed by atoms with Crippen LogP contribution in [-0.4, -0.2) is 59.9 Å². The predicted octanol–water partition coefficient (Wildman–Crippen LogP) is 6.95. The molecule has 1 aliphatic heterocycles. The van der Waals surface area contributed by atoms with Crippen LogP contribution in [0.5, 0.6) is 0 Å². The molecular weight excluding hydrogens is 567 g/mol. The van der Waals surface area contributed by atoms with Gasteiger partial charge in [-0.25, -0.2) is 4.79 Å². The number of rotatable bonds is 8. The second-order valence-corrected chi connectivity index (χ2v) is 11.8. The molecule has 1 fully saturated rings. The number of alkyl halides is 3. The van der Waals surface area contributed by atoms with Crippen LogP contribution in [0.1, 0.15) is 53.9 Å². The quantitative estimate of drug-likeness (QED) is 0.203. The number of fused-ring (bicyclic) bond motifs is 1. The van der Waals surface area contributed by atoms with Crippen molar-refractivity contribution in [3.05, 3.63) is 101 Å². The van der Waals surface area contributed by atoms with Crippen LogP contribution >= 0.6 is 0 Å². The summed E-state index contributed by atoms with van der Waals surface area (Å²) >= 11 is 0. The highest BCUT2D eigenvalue weighted by Gasteiger charge is 2.34. The third kappa shape index (κ3) is 7.24. The highest BCUT2D eigenvalue weighted by atomic mass is 19.4. The summed E-state index contributed by atoms with van der Waals surface area (Å²) in [6.07, 6.45) is -1.47. The van der Waals surface area contributed by atoms with Gasteiger partial charge in [0.15, 0.2) is 0 Å². The zero-order valence-corrected chi connectivity index (χ0v) is 25.1. The van der Waals surface area contributed by atoms with Gasteiger partial charge in [-0.15, -0.1) is 0 Å². The van der Waals surface area contributed by atoms with Crippen LogP contribution in [-0.2, 0) is 17.5 Å². The lowest BCUT2D eigenvalue weighted by atomic mass is 9.88. The normalized spacial score (nSPS) is 15.8. The summed E-state index contributed by atoms with van der Waals surface area (Å²) in [6.45, 7) is 3.37. The summed E-state index contributed by atoms with van der Waals surface area (Å²) < 4.78 is 39.8. The molecule has 7 nitrogen and oxygen atoms in total. The zero-order valence-electron chi connectivity index (χ0n) is 25.1. The molecular formula is C34H38F3N5O2. The Balaban J connectivity index is 1.32. The average Bonchev–Trinajstić information content (AvgIpc) is 3.43. The van der Waals surface area contributed by atoms with Crippen molar-refractivity contribution in [1.82, 2.24) is 20.1 Å². The van der Waals surface area contributed by atoms with Gasteiger partial charge in [0.2, 0.25) is 5.91 Å². The van der Waals surface area contributed by atoms with E-state index in [9.17, 15) is 22.8 Å². The van der Waals surface area contributed by atoms with Gasteiger partial charge in [0.25, 0.3) is 0 Å². The molecule has 10 heteroatoms. The Kier molecular flexibility index (Phi) is 9.29. The molecule has 3 amide bonds. The maximum absolute atomic E-state index is 13.8. The molecule has 3 N–H and O–H groups in total.